The van der Waals surface area contributed by atoms with E-state index in [2.05, 4.69) is 5.32 Å². The molecule has 2 aromatic carbocycles. The van der Waals surface area contributed by atoms with E-state index in [9.17, 15) is 14.9 Å². The lowest BCUT2D eigenvalue weighted by atomic mass is 10.0. The summed E-state index contributed by atoms with van der Waals surface area (Å²) in [5, 5.41) is 12.6. The molecule has 0 unspecified atom stereocenters. The van der Waals surface area contributed by atoms with Gasteiger partial charge in [-0.3, -0.25) is 9.59 Å². The van der Waals surface area contributed by atoms with Crippen molar-refractivity contribution < 1.29 is 9.59 Å². The zero-order valence-corrected chi connectivity index (χ0v) is 13.5. The quantitative estimate of drug-likeness (QED) is 0.675. The van der Waals surface area contributed by atoms with Crippen molar-refractivity contribution in [1.82, 2.24) is 0 Å². The molecule has 0 atom stereocenters. The number of amides is 2. The number of rotatable bonds is 2. The second-order valence-corrected chi connectivity index (χ2v) is 5.64. The first kappa shape index (κ1) is 15.8. The van der Waals surface area contributed by atoms with Crippen LogP contribution in [0.2, 0.25) is 5.02 Å². The lowest BCUT2D eigenvalue weighted by molar-refractivity contribution is -0.114. The molecule has 0 saturated heterocycles. The number of anilines is 2. The summed E-state index contributed by atoms with van der Waals surface area (Å²) >= 11 is 5.81. The van der Waals surface area contributed by atoms with Gasteiger partial charge in [-0.05, 0) is 30.3 Å². The number of benzene rings is 2. The van der Waals surface area contributed by atoms with Crippen LogP contribution in [0, 0.1) is 11.3 Å². The molecule has 0 spiro atoms. The van der Waals surface area contributed by atoms with Gasteiger partial charge in [0.15, 0.2) is 0 Å². The molecule has 0 bridgehead atoms. The highest BCUT2D eigenvalue weighted by Crippen LogP contribution is 2.37. The first-order chi connectivity index (χ1) is 11.5. The third-order valence-corrected chi connectivity index (χ3v) is 4.00. The molecule has 0 aliphatic carbocycles. The van der Waals surface area contributed by atoms with Crippen LogP contribution in [0.15, 0.2) is 54.1 Å². The lowest BCUT2D eigenvalue weighted by Crippen LogP contribution is -2.23. The van der Waals surface area contributed by atoms with Crippen LogP contribution >= 0.6 is 11.6 Å². The van der Waals surface area contributed by atoms with Crippen LogP contribution in [0.25, 0.3) is 5.57 Å². The Hall–Kier alpha value is -3.10. The highest BCUT2D eigenvalue weighted by Gasteiger charge is 2.34. The van der Waals surface area contributed by atoms with Crippen LogP contribution in [0.1, 0.15) is 5.56 Å². The van der Waals surface area contributed by atoms with E-state index in [4.69, 9.17) is 11.6 Å². The zero-order chi connectivity index (χ0) is 17.3. The maximum atomic E-state index is 12.5. The van der Waals surface area contributed by atoms with Crippen LogP contribution in [-0.4, -0.2) is 18.9 Å². The number of fused-ring (bicyclic) bond motifs is 1. The van der Waals surface area contributed by atoms with E-state index in [1.807, 2.05) is 6.07 Å². The molecular formula is C18H12ClN3O2. The van der Waals surface area contributed by atoms with Gasteiger partial charge in [-0.15, -0.1) is 0 Å². The second kappa shape index (κ2) is 6.19. The second-order valence-electron chi connectivity index (χ2n) is 5.20. The average molecular weight is 338 g/mol. The molecule has 118 valence electrons. The Morgan fingerprint density at radius 2 is 1.83 bits per heavy atom. The highest BCUT2D eigenvalue weighted by atomic mass is 35.5. The van der Waals surface area contributed by atoms with Crippen LogP contribution in [0.5, 0.6) is 0 Å². The van der Waals surface area contributed by atoms with Gasteiger partial charge >= 0.3 is 0 Å². The Bertz CT molecular complexity index is 911. The minimum Gasteiger partial charge on any atom is -0.321 e. The maximum absolute atomic E-state index is 12.5. The Balaban J connectivity index is 2.03. The number of likely N-dealkylation sites (N-methyl/N-ethyl adjacent to an activating group) is 1. The van der Waals surface area contributed by atoms with Crippen LogP contribution in [0.4, 0.5) is 11.4 Å². The van der Waals surface area contributed by atoms with Crippen molar-refractivity contribution in [2.75, 3.05) is 17.3 Å². The number of nitrogens with one attached hydrogen (secondary N) is 1. The molecule has 0 radical (unpaired) electrons. The summed E-state index contributed by atoms with van der Waals surface area (Å²) in [6, 6.07) is 15.4. The Morgan fingerprint density at radius 1 is 1.17 bits per heavy atom. The third kappa shape index (κ3) is 2.64. The van der Waals surface area contributed by atoms with E-state index in [1.165, 1.54) is 4.90 Å². The molecule has 0 saturated carbocycles. The standard InChI is InChI=1S/C18H12ClN3O2/c1-22-15-5-3-2-4-13(15)16(18(22)24)14(10-20)17(23)21-12-8-6-11(19)7-9-12/h2-9H,1H3,(H,21,23). The van der Waals surface area contributed by atoms with Crippen LogP contribution < -0.4 is 10.2 Å². The number of para-hydroxylation sites is 1. The summed E-state index contributed by atoms with van der Waals surface area (Å²) in [6.45, 7) is 0. The molecule has 3 rings (SSSR count). The SMILES string of the molecule is CN1C(=O)C(=C(C#N)C(=O)Nc2ccc(Cl)cc2)c2ccccc21. The predicted molar refractivity (Wildman–Crippen MR) is 92.5 cm³/mol. The van der Waals surface area contributed by atoms with Gasteiger partial charge in [0, 0.05) is 23.3 Å². The van der Waals surface area contributed by atoms with Crippen molar-refractivity contribution in [3.8, 4) is 6.07 Å². The van der Waals surface area contributed by atoms with Gasteiger partial charge in [0.2, 0.25) is 0 Å². The number of halogens is 1. The predicted octanol–water partition coefficient (Wildman–Crippen LogP) is 3.23. The fourth-order valence-corrected chi connectivity index (χ4v) is 2.68. The van der Waals surface area contributed by atoms with Gasteiger partial charge in [0.05, 0.1) is 11.3 Å². The molecule has 1 aliphatic rings. The van der Waals surface area contributed by atoms with Crippen molar-refractivity contribution in [3.63, 3.8) is 0 Å². The van der Waals surface area contributed by atoms with E-state index in [0.717, 1.165) is 0 Å². The summed E-state index contributed by atoms with van der Waals surface area (Å²) in [5.74, 6) is -1.01. The van der Waals surface area contributed by atoms with Gasteiger partial charge in [0.1, 0.15) is 11.6 Å². The molecule has 5 nitrogen and oxygen atoms in total. The molecule has 1 aliphatic heterocycles. The monoisotopic (exact) mass is 337 g/mol. The average Bonchev–Trinajstić information content (AvgIpc) is 2.83. The van der Waals surface area contributed by atoms with Gasteiger partial charge in [-0.2, -0.15) is 5.26 Å². The molecule has 0 fully saturated rings. The summed E-state index contributed by atoms with van der Waals surface area (Å²) in [4.78, 5) is 26.4. The summed E-state index contributed by atoms with van der Waals surface area (Å²) < 4.78 is 0. The van der Waals surface area contributed by atoms with E-state index >= 15 is 0 Å². The molecule has 2 aromatic rings. The number of hydrogen-bond acceptors (Lipinski definition) is 3. The summed E-state index contributed by atoms with van der Waals surface area (Å²) in [7, 11) is 1.61. The van der Waals surface area contributed by atoms with Crippen LogP contribution in [0.3, 0.4) is 0 Å². The molecule has 24 heavy (non-hydrogen) atoms. The minimum atomic E-state index is -0.631. The molecule has 2 amide bonds. The number of nitrogens with zero attached hydrogens (tertiary/aromatic N) is 2. The maximum Gasteiger partial charge on any atom is 0.267 e. The summed E-state index contributed by atoms with van der Waals surface area (Å²) in [5.41, 5.74) is 1.64. The molecule has 0 aromatic heterocycles. The zero-order valence-electron chi connectivity index (χ0n) is 12.7. The van der Waals surface area contributed by atoms with Gasteiger partial charge in [-0.25, -0.2) is 0 Å². The van der Waals surface area contributed by atoms with E-state index in [0.29, 0.717) is 22.0 Å². The number of nitriles is 1. The lowest BCUT2D eigenvalue weighted by Gasteiger charge is -2.08. The first-order valence-electron chi connectivity index (χ1n) is 7.11. The van der Waals surface area contributed by atoms with Gasteiger partial charge in [-0.1, -0.05) is 29.8 Å². The van der Waals surface area contributed by atoms with Crippen molar-refractivity contribution in [2.45, 2.75) is 0 Å². The minimum absolute atomic E-state index is 0.113. The van der Waals surface area contributed by atoms with Crippen molar-refractivity contribution in [3.05, 3.63) is 64.7 Å². The third-order valence-electron chi connectivity index (χ3n) is 3.74. The fraction of sp³-hybridized carbons (Fsp3) is 0.0556. The van der Waals surface area contributed by atoms with Crippen molar-refractivity contribution >= 4 is 40.4 Å². The number of carbonyl (C=O) groups is 2. The van der Waals surface area contributed by atoms with Gasteiger partial charge in [0.25, 0.3) is 11.8 Å². The Labute approximate surface area is 143 Å². The highest BCUT2D eigenvalue weighted by molar-refractivity contribution is 6.37. The molecule has 1 heterocycles. The van der Waals surface area contributed by atoms with E-state index in [-0.39, 0.29) is 17.1 Å². The normalized spacial score (nSPS) is 14.9. The Morgan fingerprint density at radius 3 is 2.50 bits per heavy atom. The molecule has 1 N–H and O–H groups in total. The van der Waals surface area contributed by atoms with Crippen molar-refractivity contribution in [2.24, 2.45) is 0 Å². The topological polar surface area (TPSA) is 73.2 Å². The smallest absolute Gasteiger partial charge is 0.267 e. The Kier molecular flexibility index (Phi) is 4.07. The largest absolute Gasteiger partial charge is 0.321 e. The van der Waals surface area contributed by atoms with Crippen molar-refractivity contribution in [1.29, 1.82) is 5.26 Å². The summed E-state index contributed by atoms with van der Waals surface area (Å²) in [6.07, 6.45) is 0. The van der Waals surface area contributed by atoms with E-state index < -0.39 is 5.91 Å². The number of hydrogen-bond donors (Lipinski definition) is 1. The van der Waals surface area contributed by atoms with Gasteiger partial charge < -0.3 is 10.2 Å². The molecular weight excluding hydrogens is 326 g/mol. The number of carbonyl (C=O) groups excluding carboxylic acids is 2. The van der Waals surface area contributed by atoms with Crippen LogP contribution in [-0.2, 0) is 9.59 Å². The fourth-order valence-electron chi connectivity index (χ4n) is 2.56. The van der Waals surface area contributed by atoms with E-state index in [1.54, 1.807) is 55.6 Å². The molecule has 6 heteroatoms. The first-order valence-corrected chi connectivity index (χ1v) is 7.49.